The Labute approximate surface area is 127 Å². The molecule has 0 aliphatic carbocycles. The summed E-state index contributed by atoms with van der Waals surface area (Å²) in [4.78, 5) is 22.4. The zero-order valence-corrected chi connectivity index (χ0v) is 12.7. The molecule has 1 aromatic carbocycles. The highest BCUT2D eigenvalue weighted by Crippen LogP contribution is 2.32. The Morgan fingerprint density at radius 1 is 1.33 bits per heavy atom. The molecule has 0 aromatic heterocycles. The summed E-state index contributed by atoms with van der Waals surface area (Å²) in [6.45, 7) is 2.90. The highest BCUT2D eigenvalue weighted by atomic mass is 79.9. The molecule has 1 atom stereocenters. The van der Waals surface area contributed by atoms with Crippen LogP contribution in [-0.2, 0) is 9.53 Å². The molecular weight excluding hydrogens is 357 g/mol. The van der Waals surface area contributed by atoms with Gasteiger partial charge in [0, 0.05) is 0 Å². The molecule has 1 aromatic rings. The van der Waals surface area contributed by atoms with E-state index in [9.17, 15) is 22.8 Å². The van der Waals surface area contributed by atoms with Crippen molar-refractivity contribution in [3.8, 4) is 5.75 Å². The van der Waals surface area contributed by atoms with Gasteiger partial charge in [0.15, 0.2) is 0 Å². The van der Waals surface area contributed by atoms with Crippen molar-refractivity contribution in [3.63, 3.8) is 0 Å². The average molecular weight is 369 g/mol. The van der Waals surface area contributed by atoms with Crippen molar-refractivity contribution >= 4 is 27.7 Å². The van der Waals surface area contributed by atoms with Crippen LogP contribution >= 0.6 is 15.9 Å². The molecule has 0 N–H and O–H groups in total. The maximum atomic E-state index is 12.2. The van der Waals surface area contributed by atoms with Crippen molar-refractivity contribution in [3.05, 3.63) is 29.3 Å². The molecule has 0 aliphatic rings. The van der Waals surface area contributed by atoms with E-state index in [-0.39, 0.29) is 23.5 Å². The Kier molecular flexibility index (Phi) is 5.77. The maximum absolute atomic E-state index is 12.2. The maximum Gasteiger partial charge on any atom is 0.573 e. The first kappa shape index (κ1) is 17.5. The van der Waals surface area contributed by atoms with E-state index in [1.807, 2.05) is 0 Å². The molecule has 1 rings (SSSR count). The normalized spacial score (nSPS) is 12.7. The molecule has 0 bridgehead atoms. The molecule has 0 saturated carbocycles. The van der Waals surface area contributed by atoms with Crippen molar-refractivity contribution in [2.24, 2.45) is 0 Å². The van der Waals surface area contributed by atoms with Gasteiger partial charge in [-0.15, -0.1) is 13.2 Å². The lowest BCUT2D eigenvalue weighted by Crippen LogP contribution is -2.18. The van der Waals surface area contributed by atoms with Gasteiger partial charge in [0.05, 0.1) is 17.0 Å². The summed E-state index contributed by atoms with van der Waals surface area (Å²) in [5.74, 6) is -1.69. The summed E-state index contributed by atoms with van der Waals surface area (Å²) < 4.78 is 45.2. The minimum atomic E-state index is -4.87. The first-order valence-corrected chi connectivity index (χ1v) is 6.78. The van der Waals surface area contributed by atoms with E-state index in [4.69, 9.17) is 4.74 Å². The zero-order chi connectivity index (χ0) is 16.2. The molecule has 0 aliphatic heterocycles. The SMILES string of the molecule is CCOC(=O)c1cc(OC(F)(F)F)ccc1C(Br)C(C)=O. The summed E-state index contributed by atoms with van der Waals surface area (Å²) >= 11 is 3.09. The molecule has 0 heterocycles. The van der Waals surface area contributed by atoms with Crippen molar-refractivity contribution < 1.29 is 32.2 Å². The number of ketones is 1. The van der Waals surface area contributed by atoms with Crippen LogP contribution in [0.4, 0.5) is 13.2 Å². The van der Waals surface area contributed by atoms with Crippen molar-refractivity contribution in [1.82, 2.24) is 0 Å². The first-order chi connectivity index (χ1) is 9.65. The predicted octanol–water partition coefficient (Wildman–Crippen LogP) is 3.79. The molecule has 0 saturated heterocycles. The molecule has 4 nitrogen and oxygen atoms in total. The van der Waals surface area contributed by atoms with Gasteiger partial charge in [-0.3, -0.25) is 4.79 Å². The third kappa shape index (κ3) is 5.04. The number of hydrogen-bond donors (Lipinski definition) is 0. The van der Waals surface area contributed by atoms with Gasteiger partial charge >= 0.3 is 12.3 Å². The van der Waals surface area contributed by atoms with Crippen LogP contribution in [-0.4, -0.2) is 24.7 Å². The van der Waals surface area contributed by atoms with Crippen LogP contribution in [0.15, 0.2) is 18.2 Å². The molecule has 8 heteroatoms. The average Bonchev–Trinajstić information content (AvgIpc) is 2.36. The van der Waals surface area contributed by atoms with E-state index in [2.05, 4.69) is 20.7 Å². The second-order valence-electron chi connectivity index (χ2n) is 3.99. The van der Waals surface area contributed by atoms with Crippen LogP contribution in [0.5, 0.6) is 5.75 Å². The second kappa shape index (κ2) is 6.93. The van der Waals surface area contributed by atoms with E-state index < -0.39 is 22.9 Å². The monoisotopic (exact) mass is 368 g/mol. The Hall–Kier alpha value is -1.57. The van der Waals surface area contributed by atoms with Crippen LogP contribution in [0.25, 0.3) is 0 Å². The third-order valence-electron chi connectivity index (χ3n) is 2.38. The van der Waals surface area contributed by atoms with Crippen molar-refractivity contribution in [1.29, 1.82) is 0 Å². The molecule has 21 heavy (non-hydrogen) atoms. The summed E-state index contributed by atoms with van der Waals surface area (Å²) in [6, 6.07) is 3.15. The van der Waals surface area contributed by atoms with Crippen molar-refractivity contribution in [2.75, 3.05) is 6.61 Å². The Morgan fingerprint density at radius 2 is 1.95 bits per heavy atom. The smallest absolute Gasteiger partial charge is 0.462 e. The fourth-order valence-electron chi connectivity index (χ4n) is 1.56. The highest BCUT2D eigenvalue weighted by molar-refractivity contribution is 9.09. The molecule has 0 fully saturated rings. The lowest BCUT2D eigenvalue weighted by Gasteiger charge is -2.15. The fraction of sp³-hybridized carbons (Fsp3) is 0.385. The minimum Gasteiger partial charge on any atom is -0.462 e. The van der Waals surface area contributed by atoms with E-state index in [0.29, 0.717) is 0 Å². The van der Waals surface area contributed by atoms with Crippen LogP contribution in [0, 0.1) is 0 Å². The summed E-state index contributed by atoms with van der Waals surface area (Å²) in [5, 5.41) is 0. The van der Waals surface area contributed by atoms with Gasteiger partial charge in [-0.2, -0.15) is 0 Å². The van der Waals surface area contributed by atoms with E-state index in [1.165, 1.54) is 13.0 Å². The number of carbonyl (C=O) groups excluding carboxylic acids is 2. The fourth-order valence-corrected chi connectivity index (χ4v) is 1.96. The van der Waals surface area contributed by atoms with Gasteiger partial charge in [0.25, 0.3) is 0 Å². The largest absolute Gasteiger partial charge is 0.573 e. The number of esters is 1. The molecule has 116 valence electrons. The number of benzene rings is 1. The standard InChI is InChI=1S/C13H12BrF3O4/c1-3-20-12(19)10-6-8(21-13(15,16)17)4-5-9(10)11(14)7(2)18/h4-6,11H,3H2,1-2H3. The van der Waals surface area contributed by atoms with Gasteiger partial charge in [-0.1, -0.05) is 22.0 Å². The van der Waals surface area contributed by atoms with Crippen molar-refractivity contribution in [2.45, 2.75) is 25.0 Å². The zero-order valence-electron chi connectivity index (χ0n) is 11.2. The van der Waals surface area contributed by atoms with Gasteiger partial charge in [-0.05, 0) is 31.5 Å². The minimum absolute atomic E-state index is 0.0512. The third-order valence-corrected chi connectivity index (χ3v) is 3.52. The quantitative estimate of drug-likeness (QED) is 0.586. The van der Waals surface area contributed by atoms with Gasteiger partial charge in [0.1, 0.15) is 11.5 Å². The first-order valence-electron chi connectivity index (χ1n) is 5.87. The van der Waals surface area contributed by atoms with Gasteiger partial charge in [0.2, 0.25) is 0 Å². The number of carbonyl (C=O) groups is 2. The Bertz CT molecular complexity index is 543. The number of rotatable bonds is 5. The van der Waals surface area contributed by atoms with Gasteiger partial charge in [-0.25, -0.2) is 4.79 Å². The molecule has 0 spiro atoms. The number of Topliss-reactive ketones (excluding diaryl/α,β-unsaturated/α-hetero) is 1. The van der Waals surface area contributed by atoms with Gasteiger partial charge < -0.3 is 9.47 Å². The predicted molar refractivity (Wildman–Crippen MR) is 71.4 cm³/mol. The second-order valence-corrected chi connectivity index (χ2v) is 4.91. The number of halogens is 4. The number of hydrogen-bond acceptors (Lipinski definition) is 4. The lowest BCUT2D eigenvalue weighted by atomic mass is 10.0. The number of ether oxygens (including phenoxy) is 2. The summed E-state index contributed by atoms with van der Waals surface area (Å²) in [5.41, 5.74) is 0.0612. The van der Waals surface area contributed by atoms with E-state index in [0.717, 1.165) is 12.1 Å². The van der Waals surface area contributed by atoms with Crippen LogP contribution in [0.3, 0.4) is 0 Å². The summed E-state index contributed by atoms with van der Waals surface area (Å²) in [6.07, 6.45) is -4.87. The van der Waals surface area contributed by atoms with E-state index >= 15 is 0 Å². The highest BCUT2D eigenvalue weighted by Gasteiger charge is 2.32. The Balaban J connectivity index is 3.26. The summed E-state index contributed by atoms with van der Waals surface area (Å²) in [7, 11) is 0. The van der Waals surface area contributed by atoms with E-state index in [1.54, 1.807) is 6.92 Å². The molecular formula is C13H12BrF3O4. The Morgan fingerprint density at radius 3 is 2.43 bits per heavy atom. The topological polar surface area (TPSA) is 52.6 Å². The number of alkyl halides is 4. The molecule has 1 unspecified atom stereocenters. The van der Waals surface area contributed by atoms with Crippen LogP contribution in [0.1, 0.15) is 34.6 Å². The lowest BCUT2D eigenvalue weighted by molar-refractivity contribution is -0.274. The molecule has 0 radical (unpaired) electrons. The van der Waals surface area contributed by atoms with Crippen LogP contribution < -0.4 is 4.74 Å². The molecule has 0 amide bonds. The van der Waals surface area contributed by atoms with Crippen LogP contribution in [0.2, 0.25) is 0 Å².